The number of aliphatic carboxylic acids is 1. The van der Waals surface area contributed by atoms with E-state index in [1.807, 2.05) is 121 Å². The first-order chi connectivity index (χ1) is 31.5. The van der Waals surface area contributed by atoms with E-state index in [4.69, 9.17) is 28.0 Å². The SMILES string of the molecule is CC(=O)C(=O)NC[C@@H](N)Cc1ccccc1.CC(=O)c1cnc([C@@H](N)Cc2ccccc2)[nH]1.CC(=O)c1n[nH]c([C@@H](N)Cc2ccccc2)n1.N[C@@H](Cc1ccccc1)C(=O)CCC(=O)O. The number of carboxylic acids is 1. The predicted molar refractivity (Wildman–Crippen MR) is 251 cm³/mol. The van der Waals surface area contributed by atoms with E-state index in [2.05, 4.69) is 30.5 Å². The van der Waals surface area contributed by atoms with Crippen LogP contribution in [-0.4, -0.2) is 83.9 Å². The van der Waals surface area contributed by atoms with Crippen molar-refractivity contribution in [1.82, 2.24) is 30.5 Å². The number of hydrogen-bond donors (Lipinski definition) is 8. The number of nitrogens with two attached hydrogens (primary N) is 4. The second-order valence-corrected chi connectivity index (χ2v) is 15.3. The Kier molecular flexibility index (Phi) is 22.9. The maximum Gasteiger partial charge on any atom is 0.303 e. The Hall–Kier alpha value is -7.31. The Morgan fingerprint density at radius 3 is 1.47 bits per heavy atom. The van der Waals surface area contributed by atoms with Gasteiger partial charge in [0.15, 0.2) is 11.6 Å². The van der Waals surface area contributed by atoms with Gasteiger partial charge in [0.05, 0.1) is 30.7 Å². The molecule has 66 heavy (non-hydrogen) atoms. The minimum atomic E-state index is -0.972. The summed E-state index contributed by atoms with van der Waals surface area (Å²) in [6.07, 6.45) is 3.88. The number of nitrogens with one attached hydrogen (secondary N) is 3. The summed E-state index contributed by atoms with van der Waals surface area (Å²) < 4.78 is 0. The van der Waals surface area contributed by atoms with Crippen LogP contribution < -0.4 is 28.3 Å². The minimum Gasteiger partial charge on any atom is -0.481 e. The van der Waals surface area contributed by atoms with E-state index in [1.54, 1.807) is 0 Å². The summed E-state index contributed by atoms with van der Waals surface area (Å²) in [7, 11) is 0. The van der Waals surface area contributed by atoms with E-state index < -0.39 is 23.7 Å². The van der Waals surface area contributed by atoms with Gasteiger partial charge < -0.3 is 38.3 Å². The first-order valence-corrected chi connectivity index (χ1v) is 21.2. The van der Waals surface area contributed by atoms with Crippen molar-refractivity contribution >= 4 is 35.0 Å². The third-order valence-corrected chi connectivity index (χ3v) is 9.57. The number of imidazole rings is 1. The average Bonchev–Trinajstić information content (AvgIpc) is 4.02. The van der Waals surface area contributed by atoms with Crippen LogP contribution in [0, 0.1) is 0 Å². The summed E-state index contributed by atoms with van der Waals surface area (Å²) in [5, 5.41) is 17.4. The Labute approximate surface area is 384 Å². The molecule has 0 fully saturated rings. The van der Waals surface area contributed by atoms with Gasteiger partial charge in [0.1, 0.15) is 23.1 Å². The number of hydrogen-bond acceptors (Lipinski definition) is 13. The molecular weight excluding hydrogens is 841 g/mol. The maximum absolute atomic E-state index is 11.5. The highest BCUT2D eigenvalue weighted by Gasteiger charge is 2.17. The van der Waals surface area contributed by atoms with Crippen molar-refractivity contribution in [1.29, 1.82) is 0 Å². The van der Waals surface area contributed by atoms with Gasteiger partial charge in [-0.3, -0.25) is 33.9 Å². The summed E-state index contributed by atoms with van der Waals surface area (Å²) in [6, 6.07) is 37.8. The summed E-state index contributed by atoms with van der Waals surface area (Å²) in [5.41, 5.74) is 28.4. The third kappa shape index (κ3) is 20.5. The van der Waals surface area contributed by atoms with E-state index in [9.17, 15) is 28.8 Å². The van der Waals surface area contributed by atoms with Gasteiger partial charge in [-0.25, -0.2) is 9.97 Å². The number of Topliss-reactive ketones (excluding diaryl/α,β-unsaturated/α-hetero) is 4. The lowest BCUT2D eigenvalue weighted by Crippen LogP contribution is -2.40. The Balaban J connectivity index is 0.000000234. The molecule has 0 aliphatic heterocycles. The van der Waals surface area contributed by atoms with Gasteiger partial charge in [-0.2, -0.15) is 5.10 Å². The Morgan fingerprint density at radius 1 is 0.606 bits per heavy atom. The van der Waals surface area contributed by atoms with Gasteiger partial charge in [0, 0.05) is 39.8 Å². The van der Waals surface area contributed by atoms with Gasteiger partial charge in [0.25, 0.3) is 5.91 Å². The van der Waals surface area contributed by atoms with Crippen LogP contribution in [0.25, 0.3) is 0 Å². The Bertz CT molecular complexity index is 2310. The van der Waals surface area contributed by atoms with Crippen molar-refractivity contribution in [3.05, 3.63) is 173 Å². The van der Waals surface area contributed by atoms with E-state index in [1.165, 1.54) is 27.0 Å². The number of H-pyrrole nitrogens is 2. The van der Waals surface area contributed by atoms with Gasteiger partial charge in [-0.05, 0) is 47.9 Å². The molecule has 0 aliphatic carbocycles. The molecule has 17 heteroatoms. The molecule has 4 aromatic carbocycles. The fraction of sp³-hybridized carbons (Fsp3) is 0.286. The number of aromatic nitrogens is 5. The number of carbonyl (C=O) groups excluding carboxylic acids is 5. The molecule has 1 amide bonds. The highest BCUT2D eigenvalue weighted by molar-refractivity contribution is 6.35. The maximum atomic E-state index is 11.5. The molecule has 0 radical (unpaired) electrons. The summed E-state index contributed by atoms with van der Waals surface area (Å²) in [4.78, 5) is 76.7. The third-order valence-electron chi connectivity index (χ3n) is 9.57. The number of rotatable bonds is 19. The standard InChI is InChI=1S/C13H15N3O.C12H14N4O.C12H16N2O2.C12H15NO3/c1-9(17)12-8-15-13(16-12)11(14)7-10-5-3-2-4-6-10;1-8(17)11-14-12(16-15-11)10(13)7-9-5-3-2-4-6-9;1-9(15)12(16)14-8-11(13)7-10-5-3-2-4-6-10;13-10(11(14)6-7-12(15)16)8-9-4-2-1-3-5-9/h2-6,8,11H,7,14H2,1H3,(H,15,16);2-6,10H,7,13H2,1H3,(H,14,15,16);2-6,11H,7-8,13H2,1H3,(H,14,16);1-5,10H,6-8,13H2,(H,15,16)/t11-;10-;11-;10-/m0000/s1. The molecule has 0 spiro atoms. The zero-order chi connectivity index (χ0) is 48.4. The molecule has 4 atom stereocenters. The van der Waals surface area contributed by atoms with E-state index in [0.29, 0.717) is 49.6 Å². The molecule has 348 valence electrons. The molecule has 0 saturated carbocycles. The quantitative estimate of drug-likeness (QED) is 0.0414. The number of nitrogens with zero attached hydrogens (tertiary/aromatic N) is 3. The summed E-state index contributed by atoms with van der Waals surface area (Å²) in [6.45, 7) is 4.47. The number of benzene rings is 4. The average molecular weight is 901 g/mol. The van der Waals surface area contributed by atoms with Crippen molar-refractivity contribution in [3.8, 4) is 0 Å². The smallest absolute Gasteiger partial charge is 0.303 e. The highest BCUT2D eigenvalue weighted by Crippen LogP contribution is 2.14. The largest absolute Gasteiger partial charge is 0.481 e. The van der Waals surface area contributed by atoms with Crippen LogP contribution in [0.5, 0.6) is 0 Å². The molecular formula is C49H60N10O7. The van der Waals surface area contributed by atoms with Crippen LogP contribution >= 0.6 is 0 Å². The molecule has 0 aliphatic rings. The first-order valence-electron chi connectivity index (χ1n) is 21.2. The summed E-state index contributed by atoms with van der Waals surface area (Å²) in [5.74, 6) is -1.07. The monoisotopic (exact) mass is 900 g/mol. The van der Waals surface area contributed by atoms with Crippen LogP contribution in [0.15, 0.2) is 128 Å². The molecule has 17 nitrogen and oxygen atoms in total. The van der Waals surface area contributed by atoms with E-state index >= 15 is 0 Å². The second-order valence-electron chi connectivity index (χ2n) is 15.3. The van der Waals surface area contributed by atoms with Crippen molar-refractivity contribution < 1.29 is 33.9 Å². The van der Waals surface area contributed by atoms with Crippen molar-refractivity contribution in [2.45, 2.75) is 83.5 Å². The van der Waals surface area contributed by atoms with Crippen LogP contribution in [0.3, 0.4) is 0 Å². The van der Waals surface area contributed by atoms with Gasteiger partial charge >= 0.3 is 5.97 Å². The second kappa shape index (κ2) is 28.5. The van der Waals surface area contributed by atoms with Crippen molar-refractivity contribution in [2.75, 3.05) is 6.54 Å². The summed E-state index contributed by atoms with van der Waals surface area (Å²) >= 11 is 0. The molecule has 2 aromatic heterocycles. The first kappa shape index (κ1) is 53.0. The number of carbonyl (C=O) groups is 6. The molecule has 0 saturated heterocycles. The zero-order valence-electron chi connectivity index (χ0n) is 37.4. The fourth-order valence-electron chi connectivity index (χ4n) is 5.97. The van der Waals surface area contributed by atoms with Crippen LogP contribution in [0.1, 0.15) is 101 Å². The lowest BCUT2D eigenvalue weighted by atomic mass is 10.0. The zero-order valence-corrected chi connectivity index (χ0v) is 37.4. The minimum absolute atomic E-state index is 0.00331. The van der Waals surface area contributed by atoms with Crippen LogP contribution in [0.4, 0.5) is 0 Å². The van der Waals surface area contributed by atoms with Crippen LogP contribution in [0.2, 0.25) is 0 Å². The normalized spacial score (nSPS) is 12.2. The topological polar surface area (TPSA) is 309 Å². The highest BCUT2D eigenvalue weighted by atomic mass is 16.4. The molecule has 0 unspecified atom stereocenters. The Morgan fingerprint density at radius 2 is 1.06 bits per heavy atom. The van der Waals surface area contributed by atoms with Crippen LogP contribution in [-0.2, 0) is 44.9 Å². The molecule has 12 N–H and O–H groups in total. The number of aromatic amines is 2. The van der Waals surface area contributed by atoms with Gasteiger partial charge in [-0.15, -0.1) is 0 Å². The fourth-order valence-corrected chi connectivity index (χ4v) is 5.97. The molecule has 6 rings (SSSR count). The predicted octanol–water partition coefficient (Wildman–Crippen LogP) is 4.36. The van der Waals surface area contributed by atoms with Gasteiger partial charge in [0.2, 0.25) is 11.6 Å². The lowest BCUT2D eigenvalue weighted by Gasteiger charge is -2.11. The lowest BCUT2D eigenvalue weighted by molar-refractivity contribution is -0.138. The van der Waals surface area contributed by atoms with E-state index in [-0.39, 0.29) is 54.1 Å². The van der Waals surface area contributed by atoms with Crippen molar-refractivity contribution in [3.63, 3.8) is 0 Å². The number of ketones is 4. The van der Waals surface area contributed by atoms with Crippen molar-refractivity contribution in [2.24, 2.45) is 22.9 Å². The van der Waals surface area contributed by atoms with E-state index in [0.717, 1.165) is 22.3 Å². The number of carboxylic acid groups (broad SMARTS) is 1. The van der Waals surface area contributed by atoms with Gasteiger partial charge in [-0.1, -0.05) is 121 Å². The molecule has 6 aromatic rings. The number of amides is 1. The molecule has 0 bridgehead atoms. The molecule has 2 heterocycles.